The molecule has 114 valence electrons. The van der Waals surface area contributed by atoms with Crippen LogP contribution in [0, 0.1) is 0 Å². The quantitative estimate of drug-likeness (QED) is 0.748. The van der Waals surface area contributed by atoms with Gasteiger partial charge in [0, 0.05) is 0 Å². The number of nitrogen functional groups attached to an aromatic ring is 1. The maximum Gasteiger partial charge on any atom is 0.160 e. The van der Waals surface area contributed by atoms with E-state index in [2.05, 4.69) is 10.1 Å². The zero-order valence-corrected chi connectivity index (χ0v) is 11.5. The number of aliphatic hydroxyl groups excluding tert-OH is 2. The Morgan fingerprint density at radius 1 is 1.52 bits per heavy atom. The van der Waals surface area contributed by atoms with E-state index in [4.69, 9.17) is 10.5 Å². The second-order valence-electron chi connectivity index (χ2n) is 5.20. The van der Waals surface area contributed by atoms with Gasteiger partial charge in [0.05, 0.1) is 12.3 Å². The van der Waals surface area contributed by atoms with Crippen LogP contribution in [0.5, 0.6) is 0 Å². The normalized spacial score (nSPS) is 32.9. The number of ether oxygens (including phenoxy) is 1. The van der Waals surface area contributed by atoms with Gasteiger partial charge >= 0.3 is 0 Å². The zero-order chi connectivity index (χ0) is 15.2. The molecule has 3 heterocycles. The lowest BCUT2D eigenvalue weighted by atomic mass is 9.93. The summed E-state index contributed by atoms with van der Waals surface area (Å²) in [7, 11) is 0. The molecule has 0 spiro atoms. The van der Waals surface area contributed by atoms with Crippen molar-refractivity contribution in [2.24, 2.45) is 0 Å². The van der Waals surface area contributed by atoms with Gasteiger partial charge in [0.1, 0.15) is 29.7 Å². The third-order valence-corrected chi connectivity index (χ3v) is 4.16. The van der Waals surface area contributed by atoms with Gasteiger partial charge in [-0.15, -0.1) is 0 Å². The van der Waals surface area contributed by atoms with E-state index in [9.17, 15) is 14.6 Å². The molecule has 7 nitrogen and oxygen atoms in total. The number of hydrogen-bond acceptors (Lipinski definition) is 6. The van der Waals surface area contributed by atoms with Crippen molar-refractivity contribution in [3.8, 4) is 0 Å². The van der Waals surface area contributed by atoms with E-state index in [1.54, 1.807) is 19.1 Å². The predicted octanol–water partition coefficient (Wildman–Crippen LogP) is 0.223. The number of hydrogen-bond donors (Lipinski definition) is 3. The monoisotopic (exact) mass is 296 g/mol. The van der Waals surface area contributed by atoms with Gasteiger partial charge in [0.15, 0.2) is 12.0 Å². The van der Waals surface area contributed by atoms with Crippen LogP contribution in [0.15, 0.2) is 18.5 Å². The molecule has 4 unspecified atom stereocenters. The van der Waals surface area contributed by atoms with Gasteiger partial charge in [-0.2, -0.15) is 5.10 Å². The van der Waals surface area contributed by atoms with Crippen molar-refractivity contribution in [2.75, 3.05) is 12.3 Å². The summed E-state index contributed by atoms with van der Waals surface area (Å²) in [6.07, 6.45) is -2.52. The molecule has 2 aromatic heterocycles. The highest BCUT2D eigenvalue weighted by Crippen LogP contribution is 2.43. The molecule has 4 N–H and O–H groups in total. The van der Waals surface area contributed by atoms with Gasteiger partial charge in [0.2, 0.25) is 0 Å². The van der Waals surface area contributed by atoms with E-state index >= 15 is 0 Å². The highest BCUT2D eigenvalue weighted by atomic mass is 19.1. The summed E-state index contributed by atoms with van der Waals surface area (Å²) in [6, 6.07) is 3.30. The molecule has 0 bridgehead atoms. The van der Waals surface area contributed by atoms with Crippen LogP contribution in [0.1, 0.15) is 25.1 Å². The Bertz CT molecular complexity index is 658. The van der Waals surface area contributed by atoms with Crippen LogP contribution >= 0.6 is 0 Å². The first kappa shape index (κ1) is 14.2. The zero-order valence-electron chi connectivity index (χ0n) is 11.5. The van der Waals surface area contributed by atoms with Crippen LogP contribution in [0.25, 0.3) is 5.52 Å². The largest absolute Gasteiger partial charge is 0.393 e. The van der Waals surface area contributed by atoms with Crippen LogP contribution in [0.2, 0.25) is 0 Å². The first-order chi connectivity index (χ1) is 10.0. The number of halogens is 1. The molecule has 4 atom stereocenters. The Balaban J connectivity index is 2.06. The van der Waals surface area contributed by atoms with Crippen LogP contribution in [-0.4, -0.2) is 49.3 Å². The van der Waals surface area contributed by atoms with Crippen molar-refractivity contribution in [1.29, 1.82) is 0 Å². The molecule has 0 amide bonds. The number of alkyl halides is 1. The van der Waals surface area contributed by atoms with E-state index in [1.807, 2.05) is 0 Å². The number of anilines is 1. The van der Waals surface area contributed by atoms with Crippen LogP contribution < -0.4 is 5.73 Å². The standard InChI is InChI=1S/C13H17FN4O3/c1-2-13(5-19)11(20)9(14)10(21-13)7-3-4-8-12(15)16-6-17-18(7)8/h3-4,6,9-11,19-20H,2,5H2,1H3,(H2,15,16,17). The Morgan fingerprint density at radius 3 is 2.90 bits per heavy atom. The number of rotatable bonds is 3. The summed E-state index contributed by atoms with van der Waals surface area (Å²) >= 11 is 0. The molecule has 2 aromatic rings. The van der Waals surface area contributed by atoms with Crippen molar-refractivity contribution in [2.45, 2.75) is 37.3 Å². The lowest BCUT2D eigenvalue weighted by molar-refractivity contribution is -0.115. The third kappa shape index (κ3) is 1.90. The maximum absolute atomic E-state index is 14.5. The third-order valence-electron chi connectivity index (χ3n) is 4.16. The first-order valence-corrected chi connectivity index (χ1v) is 6.73. The molecule has 0 aromatic carbocycles. The highest BCUT2D eigenvalue weighted by molar-refractivity contribution is 5.65. The molecule has 1 saturated heterocycles. The molecule has 0 radical (unpaired) electrons. The molecule has 3 rings (SSSR count). The predicted molar refractivity (Wildman–Crippen MR) is 72.2 cm³/mol. The number of nitrogens with two attached hydrogens (primary N) is 1. The minimum Gasteiger partial charge on any atom is -0.393 e. The van der Waals surface area contributed by atoms with E-state index in [-0.39, 0.29) is 5.82 Å². The van der Waals surface area contributed by atoms with E-state index in [0.717, 1.165) is 0 Å². The van der Waals surface area contributed by atoms with Gasteiger partial charge < -0.3 is 20.7 Å². The van der Waals surface area contributed by atoms with Crippen molar-refractivity contribution < 1.29 is 19.3 Å². The number of aliphatic hydroxyl groups is 2. The molecular formula is C13H17FN4O3. The van der Waals surface area contributed by atoms with E-state index in [0.29, 0.717) is 17.6 Å². The summed E-state index contributed by atoms with van der Waals surface area (Å²) in [5.74, 6) is 0.272. The van der Waals surface area contributed by atoms with Gasteiger partial charge in [-0.1, -0.05) is 6.92 Å². The fourth-order valence-electron chi connectivity index (χ4n) is 2.79. The topological polar surface area (TPSA) is 106 Å². The summed E-state index contributed by atoms with van der Waals surface area (Å²) < 4.78 is 21.6. The number of nitrogens with zero attached hydrogens (tertiary/aromatic N) is 3. The Hall–Kier alpha value is -1.77. The number of aromatic nitrogens is 3. The Labute approximate surface area is 120 Å². The average molecular weight is 296 g/mol. The smallest absolute Gasteiger partial charge is 0.160 e. The Morgan fingerprint density at radius 2 is 2.29 bits per heavy atom. The highest BCUT2D eigenvalue weighted by Gasteiger charge is 2.55. The summed E-state index contributed by atoms with van der Waals surface area (Å²) in [6.45, 7) is 1.27. The lowest BCUT2D eigenvalue weighted by Gasteiger charge is -2.28. The minimum atomic E-state index is -1.66. The molecule has 1 fully saturated rings. The lowest BCUT2D eigenvalue weighted by Crippen LogP contribution is -2.44. The molecular weight excluding hydrogens is 279 g/mol. The van der Waals surface area contributed by atoms with Gasteiger partial charge in [-0.25, -0.2) is 13.9 Å². The fourth-order valence-corrected chi connectivity index (χ4v) is 2.79. The van der Waals surface area contributed by atoms with Crippen molar-refractivity contribution in [3.05, 3.63) is 24.2 Å². The molecule has 8 heteroatoms. The van der Waals surface area contributed by atoms with Gasteiger partial charge in [0.25, 0.3) is 0 Å². The average Bonchev–Trinajstić information content (AvgIpc) is 3.02. The van der Waals surface area contributed by atoms with Crippen molar-refractivity contribution in [3.63, 3.8) is 0 Å². The molecule has 1 aliphatic rings. The summed E-state index contributed by atoms with van der Waals surface area (Å²) in [5, 5.41) is 23.6. The van der Waals surface area contributed by atoms with Gasteiger partial charge in [-0.3, -0.25) is 0 Å². The van der Waals surface area contributed by atoms with Crippen LogP contribution in [0.3, 0.4) is 0 Å². The second-order valence-corrected chi connectivity index (χ2v) is 5.20. The Kier molecular flexibility index (Phi) is 3.31. The second kappa shape index (κ2) is 4.90. The minimum absolute atomic E-state index is 0.272. The maximum atomic E-state index is 14.5. The van der Waals surface area contributed by atoms with Gasteiger partial charge in [-0.05, 0) is 18.6 Å². The van der Waals surface area contributed by atoms with Crippen molar-refractivity contribution >= 4 is 11.3 Å². The van der Waals surface area contributed by atoms with Crippen LogP contribution in [-0.2, 0) is 4.74 Å². The molecule has 21 heavy (non-hydrogen) atoms. The molecule has 0 aliphatic carbocycles. The number of fused-ring (bicyclic) bond motifs is 1. The first-order valence-electron chi connectivity index (χ1n) is 6.73. The van der Waals surface area contributed by atoms with Crippen LogP contribution in [0.4, 0.5) is 10.2 Å². The van der Waals surface area contributed by atoms with E-state index in [1.165, 1.54) is 10.8 Å². The summed E-state index contributed by atoms with van der Waals surface area (Å²) in [4.78, 5) is 3.86. The SMILES string of the molecule is CCC1(CO)OC(c2ccc3c(N)ncnn23)C(F)C1O. The van der Waals surface area contributed by atoms with E-state index < -0.39 is 30.6 Å². The summed E-state index contributed by atoms with van der Waals surface area (Å²) in [5.41, 5.74) is 5.40. The molecule has 1 aliphatic heterocycles. The molecule has 0 saturated carbocycles. The fraction of sp³-hybridized carbons (Fsp3) is 0.538. The van der Waals surface area contributed by atoms with Crippen molar-refractivity contribution in [1.82, 2.24) is 14.6 Å².